The van der Waals surface area contributed by atoms with Crippen LogP contribution in [0.15, 0.2) is 47.3 Å². The Kier molecular flexibility index (Phi) is 5.77. The number of rotatable bonds is 4. The monoisotopic (exact) mass is 424 g/mol. The zero-order chi connectivity index (χ0) is 21.3. The van der Waals surface area contributed by atoms with Gasteiger partial charge in [-0.3, -0.25) is 9.59 Å². The highest BCUT2D eigenvalue weighted by molar-refractivity contribution is 6.31. The molecule has 4 rings (SSSR count). The minimum absolute atomic E-state index is 0.161. The number of aromatic nitrogens is 2. The first-order valence-corrected chi connectivity index (χ1v) is 10.6. The molecule has 1 fully saturated rings. The smallest absolute Gasteiger partial charge is 0.275 e. The molecule has 3 aromatic rings. The predicted octanol–water partition coefficient (Wildman–Crippen LogP) is 4.23. The molecule has 1 atom stereocenters. The number of halogens is 1. The zero-order valence-electron chi connectivity index (χ0n) is 17.2. The van der Waals surface area contributed by atoms with Crippen molar-refractivity contribution in [3.63, 3.8) is 0 Å². The second kappa shape index (κ2) is 8.48. The largest absolute Gasteiger partial charge is 0.354 e. The van der Waals surface area contributed by atoms with Crippen molar-refractivity contribution in [1.29, 1.82) is 0 Å². The SMILES string of the molecule is Cc1ccc(Cl)cc1NC(=O)Cn1nc(N2CCCC(C)C2)c2ccccc2c1=O. The molecule has 30 heavy (non-hydrogen) atoms. The lowest BCUT2D eigenvalue weighted by atomic mass is 10.00. The Morgan fingerprint density at radius 2 is 2.00 bits per heavy atom. The summed E-state index contributed by atoms with van der Waals surface area (Å²) in [7, 11) is 0. The van der Waals surface area contributed by atoms with E-state index in [1.807, 2.05) is 31.2 Å². The number of nitrogens with zero attached hydrogens (tertiary/aromatic N) is 3. The average Bonchev–Trinajstić information content (AvgIpc) is 2.73. The van der Waals surface area contributed by atoms with Crippen molar-refractivity contribution in [1.82, 2.24) is 9.78 Å². The van der Waals surface area contributed by atoms with E-state index in [-0.39, 0.29) is 18.0 Å². The first-order chi connectivity index (χ1) is 14.4. The summed E-state index contributed by atoms with van der Waals surface area (Å²) < 4.78 is 1.27. The van der Waals surface area contributed by atoms with Crippen LogP contribution in [-0.4, -0.2) is 28.8 Å². The van der Waals surface area contributed by atoms with Crippen molar-refractivity contribution in [3.8, 4) is 0 Å². The third-order valence-corrected chi connectivity index (χ3v) is 5.81. The molecule has 1 saturated heterocycles. The summed E-state index contributed by atoms with van der Waals surface area (Å²) in [5.74, 6) is 1.01. The molecule has 7 heteroatoms. The molecule has 0 radical (unpaired) electrons. The van der Waals surface area contributed by atoms with Crippen molar-refractivity contribution in [2.45, 2.75) is 33.2 Å². The van der Waals surface area contributed by atoms with Gasteiger partial charge in [0.05, 0.1) is 5.39 Å². The number of nitrogens with one attached hydrogen (secondary N) is 1. The summed E-state index contributed by atoms with van der Waals surface area (Å²) in [5.41, 5.74) is 1.26. The summed E-state index contributed by atoms with van der Waals surface area (Å²) in [6, 6.07) is 12.8. The minimum Gasteiger partial charge on any atom is -0.354 e. The van der Waals surface area contributed by atoms with Gasteiger partial charge < -0.3 is 10.2 Å². The van der Waals surface area contributed by atoms with E-state index in [9.17, 15) is 9.59 Å². The van der Waals surface area contributed by atoms with E-state index in [4.69, 9.17) is 11.6 Å². The van der Waals surface area contributed by atoms with Crippen LogP contribution in [0.3, 0.4) is 0 Å². The Hall–Kier alpha value is -2.86. The van der Waals surface area contributed by atoms with Crippen LogP contribution in [0, 0.1) is 12.8 Å². The molecule has 0 saturated carbocycles. The Bertz CT molecular complexity index is 1160. The Morgan fingerprint density at radius 3 is 2.77 bits per heavy atom. The quantitative estimate of drug-likeness (QED) is 0.680. The Morgan fingerprint density at radius 1 is 1.23 bits per heavy atom. The molecule has 1 unspecified atom stereocenters. The number of benzene rings is 2. The first kappa shape index (κ1) is 20.4. The number of fused-ring (bicyclic) bond motifs is 1. The molecule has 156 valence electrons. The van der Waals surface area contributed by atoms with Crippen LogP contribution < -0.4 is 15.8 Å². The molecule has 0 bridgehead atoms. The molecule has 6 nitrogen and oxygen atoms in total. The van der Waals surface area contributed by atoms with Crippen LogP contribution in [0.2, 0.25) is 5.02 Å². The first-order valence-electron chi connectivity index (χ1n) is 10.2. The fraction of sp³-hybridized carbons (Fsp3) is 0.348. The molecule has 2 aromatic carbocycles. The minimum atomic E-state index is -0.316. The molecular formula is C23H25ClN4O2. The summed E-state index contributed by atoms with van der Waals surface area (Å²) in [6.45, 7) is 5.75. The standard InChI is InChI=1S/C23H25ClN4O2/c1-15-6-5-11-27(13-15)22-18-7-3-4-8-19(18)23(30)28(26-22)14-21(29)25-20-12-17(24)10-9-16(20)2/h3-4,7-10,12,15H,5-6,11,13-14H2,1-2H3,(H,25,29). The molecule has 1 aromatic heterocycles. The van der Waals surface area contributed by atoms with E-state index in [1.165, 1.54) is 11.1 Å². The van der Waals surface area contributed by atoms with Gasteiger partial charge in [0.2, 0.25) is 5.91 Å². The van der Waals surface area contributed by atoms with Crippen LogP contribution >= 0.6 is 11.6 Å². The van der Waals surface area contributed by atoms with Gasteiger partial charge in [-0.1, -0.05) is 42.8 Å². The van der Waals surface area contributed by atoms with Gasteiger partial charge in [-0.25, -0.2) is 4.68 Å². The third-order valence-electron chi connectivity index (χ3n) is 5.57. The van der Waals surface area contributed by atoms with Gasteiger partial charge in [-0.2, -0.15) is 5.10 Å². The average molecular weight is 425 g/mol. The molecule has 2 heterocycles. The van der Waals surface area contributed by atoms with Gasteiger partial charge in [-0.15, -0.1) is 0 Å². The second-order valence-corrected chi connectivity index (χ2v) is 8.47. The van der Waals surface area contributed by atoms with Gasteiger partial charge in [0.25, 0.3) is 5.56 Å². The number of carbonyl (C=O) groups is 1. The van der Waals surface area contributed by atoms with Crippen LogP contribution in [-0.2, 0) is 11.3 Å². The van der Waals surface area contributed by atoms with Crippen LogP contribution in [0.4, 0.5) is 11.5 Å². The molecule has 1 amide bonds. The summed E-state index contributed by atoms with van der Waals surface area (Å²) in [4.78, 5) is 28.0. The normalized spacial score (nSPS) is 16.6. The van der Waals surface area contributed by atoms with E-state index in [0.29, 0.717) is 22.0 Å². The number of amides is 1. The van der Waals surface area contributed by atoms with Crippen molar-refractivity contribution in [2.24, 2.45) is 5.92 Å². The number of hydrogen-bond donors (Lipinski definition) is 1. The fourth-order valence-electron chi connectivity index (χ4n) is 3.99. The number of carbonyl (C=O) groups excluding carboxylic acids is 1. The number of anilines is 2. The van der Waals surface area contributed by atoms with E-state index < -0.39 is 0 Å². The zero-order valence-corrected chi connectivity index (χ0v) is 17.9. The van der Waals surface area contributed by atoms with Crippen molar-refractivity contribution < 1.29 is 4.79 Å². The molecule has 0 spiro atoms. The fourth-order valence-corrected chi connectivity index (χ4v) is 4.17. The highest BCUT2D eigenvalue weighted by atomic mass is 35.5. The van der Waals surface area contributed by atoms with Gasteiger partial charge in [-0.05, 0) is 49.4 Å². The number of piperidine rings is 1. The maximum atomic E-state index is 13.0. The van der Waals surface area contributed by atoms with Crippen LogP contribution in [0.25, 0.3) is 10.8 Å². The molecule has 0 aliphatic carbocycles. The van der Waals surface area contributed by atoms with Crippen molar-refractivity contribution in [3.05, 3.63) is 63.4 Å². The molecule has 1 aliphatic heterocycles. The Balaban J connectivity index is 1.68. The molecule has 1 N–H and O–H groups in total. The third kappa shape index (κ3) is 4.19. The lowest BCUT2D eigenvalue weighted by molar-refractivity contribution is -0.117. The van der Waals surface area contributed by atoms with E-state index in [0.717, 1.165) is 36.3 Å². The van der Waals surface area contributed by atoms with Crippen LogP contribution in [0.5, 0.6) is 0 Å². The topological polar surface area (TPSA) is 67.2 Å². The number of hydrogen-bond acceptors (Lipinski definition) is 4. The molecular weight excluding hydrogens is 400 g/mol. The van der Waals surface area contributed by atoms with Gasteiger partial charge in [0, 0.05) is 29.2 Å². The maximum absolute atomic E-state index is 13.0. The Labute approximate surface area is 180 Å². The highest BCUT2D eigenvalue weighted by Gasteiger charge is 2.22. The second-order valence-electron chi connectivity index (χ2n) is 8.03. The predicted molar refractivity (Wildman–Crippen MR) is 121 cm³/mol. The van der Waals surface area contributed by atoms with Crippen molar-refractivity contribution in [2.75, 3.05) is 23.3 Å². The van der Waals surface area contributed by atoms with Crippen molar-refractivity contribution >= 4 is 39.8 Å². The van der Waals surface area contributed by atoms with Gasteiger partial charge in [0.15, 0.2) is 5.82 Å². The number of aryl methyl sites for hydroxylation is 1. The summed E-state index contributed by atoms with van der Waals surface area (Å²) in [6.07, 6.45) is 2.28. The summed E-state index contributed by atoms with van der Waals surface area (Å²) in [5, 5.41) is 9.42. The van der Waals surface area contributed by atoms with Gasteiger partial charge in [0.1, 0.15) is 6.54 Å². The summed E-state index contributed by atoms with van der Waals surface area (Å²) >= 11 is 6.05. The van der Waals surface area contributed by atoms with Crippen LogP contribution in [0.1, 0.15) is 25.3 Å². The van der Waals surface area contributed by atoms with E-state index >= 15 is 0 Å². The molecule has 1 aliphatic rings. The lowest BCUT2D eigenvalue weighted by Gasteiger charge is -2.32. The lowest BCUT2D eigenvalue weighted by Crippen LogP contribution is -2.38. The van der Waals surface area contributed by atoms with E-state index in [2.05, 4.69) is 22.2 Å². The maximum Gasteiger partial charge on any atom is 0.275 e. The van der Waals surface area contributed by atoms with Gasteiger partial charge >= 0.3 is 0 Å². The van der Waals surface area contributed by atoms with E-state index in [1.54, 1.807) is 18.2 Å². The highest BCUT2D eigenvalue weighted by Crippen LogP contribution is 2.27.